The Bertz CT molecular complexity index is 235. The molecule has 0 aliphatic rings. The van der Waals surface area contributed by atoms with Crippen LogP contribution in [0.25, 0.3) is 0 Å². The minimum Gasteiger partial charge on any atom is -0.481 e. The Kier molecular flexibility index (Phi) is 6.77. The zero-order valence-corrected chi connectivity index (χ0v) is 10.5. The Hall–Kier alpha value is -1.06. The molecule has 0 unspecified atom stereocenters. The molecule has 1 N–H and O–H groups in total. The molecule has 0 saturated heterocycles. The average molecular weight is 230 g/mol. The van der Waals surface area contributed by atoms with Crippen molar-refractivity contribution in [2.24, 2.45) is 17.8 Å². The second-order valence-corrected chi connectivity index (χ2v) is 4.49. The number of methoxy groups -OCH3 is 1. The predicted octanol–water partition coefficient (Wildman–Crippen LogP) is 2.32. The van der Waals surface area contributed by atoms with Crippen LogP contribution in [0.2, 0.25) is 0 Å². The van der Waals surface area contributed by atoms with Crippen molar-refractivity contribution in [1.82, 2.24) is 0 Å². The first kappa shape index (κ1) is 14.9. The van der Waals surface area contributed by atoms with Gasteiger partial charge < -0.3 is 9.84 Å². The third-order valence-electron chi connectivity index (χ3n) is 2.63. The summed E-state index contributed by atoms with van der Waals surface area (Å²) in [5.41, 5.74) is 0. The summed E-state index contributed by atoms with van der Waals surface area (Å²) >= 11 is 0. The van der Waals surface area contributed by atoms with E-state index in [0.717, 1.165) is 6.42 Å². The van der Waals surface area contributed by atoms with Crippen LogP contribution >= 0.6 is 0 Å². The summed E-state index contributed by atoms with van der Waals surface area (Å²) in [6.07, 6.45) is 1.85. The van der Waals surface area contributed by atoms with Crippen LogP contribution < -0.4 is 0 Å². The van der Waals surface area contributed by atoms with Gasteiger partial charge in [-0.15, -0.1) is 0 Å². The standard InChI is InChI=1S/C12H22O4/c1-5-6-9(12(15)16-4)10(11(13)14)7-8(2)3/h8-10H,5-7H2,1-4H3,(H,13,14)/t9-,10+/m0/s1. The van der Waals surface area contributed by atoms with Gasteiger partial charge in [0.25, 0.3) is 0 Å². The summed E-state index contributed by atoms with van der Waals surface area (Å²) in [5.74, 6) is -2.21. The van der Waals surface area contributed by atoms with Crippen molar-refractivity contribution in [2.45, 2.75) is 40.0 Å². The third-order valence-corrected chi connectivity index (χ3v) is 2.63. The third kappa shape index (κ3) is 4.64. The topological polar surface area (TPSA) is 63.6 Å². The second-order valence-electron chi connectivity index (χ2n) is 4.49. The van der Waals surface area contributed by atoms with Gasteiger partial charge in [-0.25, -0.2) is 0 Å². The molecule has 0 aromatic rings. The molecule has 0 fully saturated rings. The van der Waals surface area contributed by atoms with Crippen LogP contribution in [0, 0.1) is 17.8 Å². The van der Waals surface area contributed by atoms with Gasteiger partial charge in [0.05, 0.1) is 18.9 Å². The number of hydrogen-bond acceptors (Lipinski definition) is 3. The highest BCUT2D eigenvalue weighted by Gasteiger charge is 2.34. The fourth-order valence-electron chi connectivity index (χ4n) is 1.89. The molecule has 0 rings (SSSR count). The molecule has 94 valence electrons. The number of ether oxygens (including phenoxy) is 1. The van der Waals surface area contributed by atoms with E-state index in [9.17, 15) is 9.59 Å². The molecule has 0 radical (unpaired) electrons. The highest BCUT2D eigenvalue weighted by Crippen LogP contribution is 2.26. The Morgan fingerprint density at radius 1 is 1.25 bits per heavy atom. The predicted molar refractivity (Wildman–Crippen MR) is 61.0 cm³/mol. The molecule has 0 aromatic carbocycles. The molecular weight excluding hydrogens is 208 g/mol. The molecule has 0 heterocycles. The highest BCUT2D eigenvalue weighted by molar-refractivity contribution is 5.81. The van der Waals surface area contributed by atoms with Crippen molar-refractivity contribution in [3.8, 4) is 0 Å². The molecule has 2 atom stereocenters. The maximum atomic E-state index is 11.5. The fourth-order valence-corrected chi connectivity index (χ4v) is 1.89. The van der Waals surface area contributed by atoms with E-state index in [2.05, 4.69) is 4.74 Å². The largest absolute Gasteiger partial charge is 0.481 e. The fraction of sp³-hybridized carbons (Fsp3) is 0.833. The zero-order valence-electron chi connectivity index (χ0n) is 10.5. The zero-order chi connectivity index (χ0) is 12.7. The van der Waals surface area contributed by atoms with Crippen LogP contribution in [0.15, 0.2) is 0 Å². The Balaban J connectivity index is 4.78. The van der Waals surface area contributed by atoms with E-state index in [0.29, 0.717) is 12.8 Å². The number of rotatable bonds is 7. The van der Waals surface area contributed by atoms with Gasteiger partial charge in [-0.2, -0.15) is 0 Å². The highest BCUT2D eigenvalue weighted by atomic mass is 16.5. The van der Waals surface area contributed by atoms with Gasteiger partial charge in [0.15, 0.2) is 0 Å². The Morgan fingerprint density at radius 3 is 2.12 bits per heavy atom. The minimum atomic E-state index is -0.905. The maximum Gasteiger partial charge on any atom is 0.309 e. The monoisotopic (exact) mass is 230 g/mol. The molecule has 4 heteroatoms. The van der Waals surface area contributed by atoms with Crippen molar-refractivity contribution < 1.29 is 19.4 Å². The van der Waals surface area contributed by atoms with Crippen molar-refractivity contribution in [3.05, 3.63) is 0 Å². The van der Waals surface area contributed by atoms with Crippen LogP contribution in [0.1, 0.15) is 40.0 Å². The van der Waals surface area contributed by atoms with Crippen LogP contribution in [0.5, 0.6) is 0 Å². The summed E-state index contributed by atoms with van der Waals surface area (Å²) in [7, 11) is 1.30. The Labute approximate surface area is 97.0 Å². The first-order chi connectivity index (χ1) is 7.43. The van der Waals surface area contributed by atoms with Gasteiger partial charge >= 0.3 is 11.9 Å². The number of hydrogen-bond donors (Lipinski definition) is 1. The van der Waals surface area contributed by atoms with E-state index < -0.39 is 23.8 Å². The molecule has 0 aliphatic heterocycles. The van der Waals surface area contributed by atoms with Crippen LogP contribution in [0.4, 0.5) is 0 Å². The number of carboxylic acids is 1. The van der Waals surface area contributed by atoms with Gasteiger partial charge in [0.2, 0.25) is 0 Å². The lowest BCUT2D eigenvalue weighted by Crippen LogP contribution is -2.31. The smallest absolute Gasteiger partial charge is 0.309 e. The van der Waals surface area contributed by atoms with Crippen LogP contribution in [-0.2, 0) is 14.3 Å². The van der Waals surface area contributed by atoms with Crippen LogP contribution in [0.3, 0.4) is 0 Å². The summed E-state index contributed by atoms with van der Waals surface area (Å²) < 4.78 is 4.68. The van der Waals surface area contributed by atoms with Gasteiger partial charge in [-0.05, 0) is 18.8 Å². The van der Waals surface area contributed by atoms with E-state index >= 15 is 0 Å². The molecule has 4 nitrogen and oxygen atoms in total. The molecule has 0 aliphatic carbocycles. The van der Waals surface area contributed by atoms with Crippen molar-refractivity contribution >= 4 is 11.9 Å². The van der Waals surface area contributed by atoms with Crippen LogP contribution in [-0.4, -0.2) is 24.2 Å². The number of carboxylic acid groups (broad SMARTS) is 1. The van der Waals surface area contributed by atoms with E-state index in [-0.39, 0.29) is 5.92 Å². The quantitative estimate of drug-likeness (QED) is 0.682. The molecule has 0 saturated carbocycles. The van der Waals surface area contributed by atoms with Gasteiger partial charge in [0, 0.05) is 0 Å². The molecule has 0 aromatic heterocycles. The number of carbonyl (C=O) groups excluding carboxylic acids is 1. The number of aliphatic carboxylic acids is 1. The molecule has 0 spiro atoms. The van der Waals surface area contributed by atoms with Crippen molar-refractivity contribution in [1.29, 1.82) is 0 Å². The lowest BCUT2D eigenvalue weighted by atomic mass is 9.83. The lowest BCUT2D eigenvalue weighted by molar-refractivity contribution is -0.156. The summed E-state index contributed by atoms with van der Waals surface area (Å²) in [6, 6.07) is 0. The molecule has 16 heavy (non-hydrogen) atoms. The molecular formula is C12H22O4. The first-order valence-electron chi connectivity index (χ1n) is 5.74. The maximum absolute atomic E-state index is 11.5. The number of esters is 1. The van der Waals surface area contributed by atoms with E-state index in [1.165, 1.54) is 7.11 Å². The molecule has 0 amide bonds. The number of carbonyl (C=O) groups is 2. The second kappa shape index (κ2) is 7.25. The first-order valence-corrected chi connectivity index (χ1v) is 5.74. The van der Waals surface area contributed by atoms with Crippen molar-refractivity contribution in [2.75, 3.05) is 7.11 Å². The van der Waals surface area contributed by atoms with Gasteiger partial charge in [-0.3, -0.25) is 9.59 Å². The van der Waals surface area contributed by atoms with E-state index in [1.807, 2.05) is 20.8 Å². The summed E-state index contributed by atoms with van der Waals surface area (Å²) in [6.45, 7) is 5.84. The average Bonchev–Trinajstić information content (AvgIpc) is 2.21. The molecule has 0 bridgehead atoms. The normalized spacial score (nSPS) is 14.6. The SMILES string of the molecule is CCC[C@H](C(=O)OC)[C@@H](CC(C)C)C(=O)O. The minimum absolute atomic E-state index is 0.255. The lowest BCUT2D eigenvalue weighted by Gasteiger charge is -2.22. The van der Waals surface area contributed by atoms with Crippen molar-refractivity contribution in [3.63, 3.8) is 0 Å². The van der Waals surface area contributed by atoms with E-state index in [4.69, 9.17) is 5.11 Å². The van der Waals surface area contributed by atoms with E-state index in [1.54, 1.807) is 0 Å². The van der Waals surface area contributed by atoms with Gasteiger partial charge in [0.1, 0.15) is 0 Å². The Morgan fingerprint density at radius 2 is 1.81 bits per heavy atom. The summed E-state index contributed by atoms with van der Waals surface area (Å²) in [5, 5.41) is 9.16. The van der Waals surface area contributed by atoms with Gasteiger partial charge in [-0.1, -0.05) is 27.2 Å². The summed E-state index contributed by atoms with van der Waals surface area (Å²) in [4.78, 5) is 22.7.